The molecule has 1 fully saturated rings. The predicted molar refractivity (Wildman–Crippen MR) is 296 cm³/mol. The zero-order valence-electron chi connectivity index (χ0n) is 39.3. The summed E-state index contributed by atoms with van der Waals surface area (Å²) in [6.07, 6.45) is 12.3. The average Bonchev–Trinajstić information content (AvgIpc) is 3.78. The second-order valence-corrected chi connectivity index (χ2v) is 20.7. The van der Waals surface area contributed by atoms with Crippen LogP contribution in [-0.2, 0) is 5.41 Å². The van der Waals surface area contributed by atoms with Crippen molar-refractivity contribution < 1.29 is 0 Å². The summed E-state index contributed by atoms with van der Waals surface area (Å²) in [7, 11) is 0. The molecule has 0 heterocycles. The minimum Gasteiger partial charge on any atom is -0.314 e. The Balaban J connectivity index is 1.20. The van der Waals surface area contributed by atoms with Gasteiger partial charge in [0, 0.05) is 26.6 Å². The lowest BCUT2D eigenvalue weighted by Gasteiger charge is -2.37. The van der Waals surface area contributed by atoms with Crippen molar-refractivity contribution in [3.63, 3.8) is 0 Å². The topological polar surface area (TPSA) is 3.24 Å². The van der Waals surface area contributed by atoms with E-state index < -0.39 is 5.41 Å². The second kappa shape index (κ2) is 17.7. The van der Waals surface area contributed by atoms with Gasteiger partial charge in [-0.05, 0) is 168 Å². The minimum absolute atomic E-state index is 0.0819. The van der Waals surface area contributed by atoms with E-state index in [1.807, 2.05) is 6.08 Å². The fourth-order valence-corrected chi connectivity index (χ4v) is 12.8. The van der Waals surface area contributed by atoms with Crippen molar-refractivity contribution in [1.29, 1.82) is 0 Å². The highest BCUT2D eigenvalue weighted by atomic mass is 127. The molecule has 0 aliphatic heterocycles. The summed E-state index contributed by atoms with van der Waals surface area (Å²) in [5.41, 5.74) is 21.1. The highest BCUT2D eigenvalue weighted by molar-refractivity contribution is 14.1. The number of allylic oxidation sites excluding steroid dienone is 7. The first-order valence-corrected chi connectivity index (χ1v) is 25.2. The van der Waals surface area contributed by atoms with Gasteiger partial charge in [0.15, 0.2) is 0 Å². The molecule has 0 bridgehead atoms. The molecule has 68 heavy (non-hydrogen) atoms. The predicted octanol–water partition coefficient (Wildman–Crippen LogP) is 18.0. The van der Waals surface area contributed by atoms with Crippen molar-refractivity contribution >= 4 is 34.0 Å². The van der Waals surface area contributed by atoms with Crippen LogP contribution in [0.25, 0.3) is 44.5 Å². The Morgan fingerprint density at radius 3 is 1.75 bits per heavy atom. The molecule has 0 spiro atoms. The van der Waals surface area contributed by atoms with Crippen LogP contribution in [0.4, 0.5) is 11.4 Å². The molecule has 332 valence electrons. The third-order valence-electron chi connectivity index (χ3n) is 15.8. The molecule has 1 nitrogen and oxygen atoms in total. The summed E-state index contributed by atoms with van der Waals surface area (Å²) in [5.74, 6) is 1.23. The number of hydrogen-bond donors (Lipinski definition) is 0. The molecule has 0 N–H and O–H groups in total. The van der Waals surface area contributed by atoms with Gasteiger partial charge in [0.25, 0.3) is 0 Å². The Hall–Kier alpha value is -6.75. The minimum atomic E-state index is -0.531. The molecule has 0 radical (unpaired) electrons. The normalized spacial score (nSPS) is 18.6. The van der Waals surface area contributed by atoms with Crippen molar-refractivity contribution in [3.8, 4) is 44.5 Å². The van der Waals surface area contributed by atoms with Gasteiger partial charge in [0.05, 0.1) is 5.41 Å². The van der Waals surface area contributed by atoms with Crippen LogP contribution >= 0.6 is 22.6 Å². The van der Waals surface area contributed by atoms with Crippen LogP contribution < -0.4 is 4.90 Å². The van der Waals surface area contributed by atoms with E-state index in [1.165, 1.54) is 87.2 Å². The first kappa shape index (κ1) is 43.8. The smallest absolute Gasteiger partial charge is 0.0713 e. The molecule has 3 atom stereocenters. The molecule has 8 aromatic carbocycles. The van der Waals surface area contributed by atoms with Crippen LogP contribution in [0.2, 0.25) is 0 Å². The van der Waals surface area contributed by atoms with Gasteiger partial charge in [0.2, 0.25) is 0 Å². The van der Waals surface area contributed by atoms with Crippen LogP contribution in [0.5, 0.6) is 0 Å². The number of anilines is 2. The third-order valence-corrected chi connectivity index (χ3v) is 16.7. The van der Waals surface area contributed by atoms with Crippen LogP contribution in [-0.4, -0.2) is 0 Å². The number of rotatable bonds is 10. The third kappa shape index (κ3) is 7.19. The molecule has 3 unspecified atom stereocenters. The van der Waals surface area contributed by atoms with E-state index in [0.29, 0.717) is 17.8 Å². The largest absolute Gasteiger partial charge is 0.314 e. The quantitative estimate of drug-likeness (QED) is 0.0975. The van der Waals surface area contributed by atoms with Crippen molar-refractivity contribution in [2.45, 2.75) is 39.5 Å². The highest BCUT2D eigenvalue weighted by Crippen LogP contribution is 2.61. The summed E-state index contributed by atoms with van der Waals surface area (Å²) in [6, 6.07) is 72.4. The van der Waals surface area contributed by atoms with Gasteiger partial charge in [-0.25, -0.2) is 0 Å². The first-order chi connectivity index (χ1) is 33.2. The fourth-order valence-electron chi connectivity index (χ4n) is 12.1. The number of benzene rings is 8. The van der Waals surface area contributed by atoms with Gasteiger partial charge >= 0.3 is 0 Å². The summed E-state index contributed by atoms with van der Waals surface area (Å²) in [6.45, 7) is 13.8. The molecule has 2 heteroatoms. The summed E-state index contributed by atoms with van der Waals surface area (Å²) in [4.78, 5) is 2.60. The Morgan fingerprint density at radius 1 is 0.574 bits per heavy atom. The van der Waals surface area contributed by atoms with E-state index in [2.05, 4.69) is 280 Å². The molecule has 0 aromatic heterocycles. The lowest BCUT2D eigenvalue weighted by atomic mass is 9.67. The standard InChI is InChI=1S/C66H56IN/c1-6-7-30-56-45(3)65(4,5)62-43-53(33-35-57(56)62)68(54-40-48(46-22-12-8-13-23-46)39-49(41-54)47-24-14-9-15-25-47)52-34-37-60-59(42-52)64-44(2)55(58-31-20-21-32-63(58)67)36-38-61(64)66(60,50-26-16-10-17-27-50)51-28-18-11-19-29-51/h6-42,45,56,62H,1,43H2,2-5H3/b30-7-. The van der Waals surface area contributed by atoms with E-state index in [-0.39, 0.29) is 5.41 Å². The fraction of sp³-hybridized carbons (Fsp3) is 0.152. The molecule has 3 aliphatic carbocycles. The maximum absolute atomic E-state index is 4.03. The summed E-state index contributed by atoms with van der Waals surface area (Å²) >= 11 is 2.51. The Kier molecular flexibility index (Phi) is 11.4. The van der Waals surface area contributed by atoms with Crippen molar-refractivity contribution in [1.82, 2.24) is 0 Å². The molecule has 11 rings (SSSR count). The van der Waals surface area contributed by atoms with Gasteiger partial charge < -0.3 is 4.90 Å². The van der Waals surface area contributed by atoms with Crippen molar-refractivity contribution in [2.24, 2.45) is 23.2 Å². The monoisotopic (exact) mass is 989 g/mol. The molecule has 0 saturated heterocycles. The second-order valence-electron chi connectivity index (χ2n) is 19.5. The number of halogens is 1. The number of fused-ring (bicyclic) bond motifs is 4. The maximum Gasteiger partial charge on any atom is 0.0713 e. The first-order valence-electron chi connectivity index (χ1n) is 24.1. The molecule has 8 aromatic rings. The molecule has 1 saturated carbocycles. The van der Waals surface area contributed by atoms with Gasteiger partial charge in [-0.2, -0.15) is 0 Å². The van der Waals surface area contributed by atoms with Gasteiger partial charge in [-0.1, -0.05) is 215 Å². The Morgan fingerprint density at radius 2 is 1.15 bits per heavy atom. The van der Waals surface area contributed by atoms with Gasteiger partial charge in [0.1, 0.15) is 0 Å². The van der Waals surface area contributed by atoms with Crippen molar-refractivity contribution in [2.75, 3.05) is 4.90 Å². The van der Waals surface area contributed by atoms with Crippen LogP contribution in [0.15, 0.2) is 242 Å². The lowest BCUT2D eigenvalue weighted by molar-refractivity contribution is 0.194. The molecule has 0 amide bonds. The maximum atomic E-state index is 4.03. The van der Waals surface area contributed by atoms with E-state index >= 15 is 0 Å². The van der Waals surface area contributed by atoms with Crippen LogP contribution in [0.3, 0.4) is 0 Å². The zero-order chi connectivity index (χ0) is 46.6. The summed E-state index contributed by atoms with van der Waals surface area (Å²) in [5, 5.41) is 0. The van der Waals surface area contributed by atoms with E-state index in [9.17, 15) is 0 Å². The highest BCUT2D eigenvalue weighted by Gasteiger charge is 2.51. The Labute approximate surface area is 417 Å². The lowest BCUT2D eigenvalue weighted by Crippen LogP contribution is -2.29. The SMILES string of the molecule is C=C/C=C\C1C2=CC=C(N(c3cc(-c4ccccc4)cc(-c4ccccc4)c3)c3ccc4c(c3)-c3c(ccc(-c5ccccc5I)c3C)C4(c3ccccc3)c3ccccc3)CC2C(C)(C)C1C. The van der Waals surface area contributed by atoms with Crippen LogP contribution in [0.1, 0.15) is 55.0 Å². The molecule has 3 aliphatic rings. The number of nitrogens with zero attached hydrogens (tertiary/aromatic N) is 1. The van der Waals surface area contributed by atoms with E-state index in [4.69, 9.17) is 0 Å². The summed E-state index contributed by atoms with van der Waals surface area (Å²) < 4.78 is 1.25. The van der Waals surface area contributed by atoms with Gasteiger partial charge in [-0.15, -0.1) is 0 Å². The zero-order valence-corrected chi connectivity index (χ0v) is 41.5. The van der Waals surface area contributed by atoms with Crippen LogP contribution in [0, 0.1) is 33.7 Å². The molecular weight excluding hydrogens is 934 g/mol. The Bertz CT molecular complexity index is 3190. The number of hydrogen-bond acceptors (Lipinski definition) is 1. The molecular formula is C66H56IN. The van der Waals surface area contributed by atoms with Crippen molar-refractivity contribution in [3.05, 3.63) is 274 Å². The van der Waals surface area contributed by atoms with E-state index in [0.717, 1.165) is 17.8 Å². The van der Waals surface area contributed by atoms with E-state index in [1.54, 1.807) is 0 Å². The van der Waals surface area contributed by atoms with Gasteiger partial charge in [-0.3, -0.25) is 0 Å². The average molecular weight is 990 g/mol.